The number of carbonyl (C=O) groups is 2. The fourth-order valence-corrected chi connectivity index (χ4v) is 5.21. The second-order valence-electron chi connectivity index (χ2n) is 7.28. The van der Waals surface area contributed by atoms with Crippen molar-refractivity contribution in [1.29, 1.82) is 0 Å². The lowest BCUT2D eigenvalue weighted by atomic mass is 9.95. The van der Waals surface area contributed by atoms with Crippen molar-refractivity contribution >= 4 is 33.2 Å². The lowest BCUT2D eigenvalue weighted by molar-refractivity contribution is -0.123. The minimum Gasteiger partial charge on any atom is -0.497 e. The zero-order valence-electron chi connectivity index (χ0n) is 16.6. The van der Waals surface area contributed by atoms with Gasteiger partial charge in [0.1, 0.15) is 11.5 Å². The van der Waals surface area contributed by atoms with Crippen LogP contribution in [0.1, 0.15) is 24.2 Å². The summed E-state index contributed by atoms with van der Waals surface area (Å²) in [4.78, 5) is 25.0. The van der Waals surface area contributed by atoms with E-state index in [2.05, 4.69) is 5.32 Å². The highest BCUT2D eigenvalue weighted by atomic mass is 32.2. The summed E-state index contributed by atoms with van der Waals surface area (Å²) in [6.45, 7) is 3.19. The van der Waals surface area contributed by atoms with Crippen molar-refractivity contribution in [2.45, 2.75) is 13.8 Å². The summed E-state index contributed by atoms with van der Waals surface area (Å²) >= 11 is 0. The first-order chi connectivity index (χ1) is 13.6. The molecule has 0 aliphatic carbocycles. The van der Waals surface area contributed by atoms with Crippen LogP contribution >= 0.6 is 0 Å². The molecule has 0 atom stereocenters. The van der Waals surface area contributed by atoms with Crippen molar-refractivity contribution in [1.82, 2.24) is 0 Å². The molecule has 0 saturated carbocycles. The molecule has 29 heavy (non-hydrogen) atoms. The number of nitrogens with zero attached hydrogens (tertiary/aromatic N) is 1. The molecule has 1 saturated heterocycles. The van der Waals surface area contributed by atoms with Crippen molar-refractivity contribution in [2.75, 3.05) is 29.6 Å². The predicted molar refractivity (Wildman–Crippen MR) is 109 cm³/mol. The Labute approximate surface area is 169 Å². The average molecular weight is 418 g/mol. The van der Waals surface area contributed by atoms with Gasteiger partial charge in [-0.25, -0.2) is 12.7 Å². The molecule has 0 unspecified atom stereocenters. The molecule has 1 fully saturated rings. The number of methoxy groups -OCH3 is 2. The predicted octanol–water partition coefficient (Wildman–Crippen LogP) is 2.66. The van der Waals surface area contributed by atoms with Crippen LogP contribution in [0.25, 0.3) is 0 Å². The zero-order valence-corrected chi connectivity index (χ0v) is 17.4. The molecule has 1 heterocycles. The van der Waals surface area contributed by atoms with Gasteiger partial charge >= 0.3 is 0 Å². The van der Waals surface area contributed by atoms with E-state index in [0.717, 1.165) is 4.31 Å². The SMILES string of the molecule is COc1ccc(NC(=O)c2ccc(N3C(=O)C(C)(C)CS3(=O)=O)cc2)c(OC)c1. The van der Waals surface area contributed by atoms with Crippen molar-refractivity contribution < 1.29 is 27.5 Å². The minimum atomic E-state index is -3.74. The number of carbonyl (C=O) groups excluding carboxylic acids is 2. The molecule has 2 aromatic carbocycles. The summed E-state index contributed by atoms with van der Waals surface area (Å²) < 4.78 is 35.9. The van der Waals surface area contributed by atoms with Crippen LogP contribution in [-0.2, 0) is 14.8 Å². The number of hydrogen-bond acceptors (Lipinski definition) is 6. The highest BCUT2D eigenvalue weighted by Gasteiger charge is 2.49. The van der Waals surface area contributed by atoms with Gasteiger partial charge in [0.2, 0.25) is 15.9 Å². The molecule has 9 heteroatoms. The lowest BCUT2D eigenvalue weighted by Gasteiger charge is -2.17. The van der Waals surface area contributed by atoms with Crippen molar-refractivity contribution in [3.05, 3.63) is 48.0 Å². The summed E-state index contributed by atoms with van der Waals surface area (Å²) in [7, 11) is -0.730. The Balaban J connectivity index is 1.82. The van der Waals surface area contributed by atoms with Crippen LogP contribution in [0.4, 0.5) is 11.4 Å². The van der Waals surface area contributed by atoms with Gasteiger partial charge in [-0.1, -0.05) is 0 Å². The van der Waals surface area contributed by atoms with Crippen molar-refractivity contribution in [3.63, 3.8) is 0 Å². The van der Waals surface area contributed by atoms with Gasteiger partial charge in [0.25, 0.3) is 5.91 Å². The number of amides is 2. The monoisotopic (exact) mass is 418 g/mol. The van der Waals surface area contributed by atoms with Crippen LogP contribution < -0.4 is 19.1 Å². The second-order valence-corrected chi connectivity index (χ2v) is 9.09. The van der Waals surface area contributed by atoms with Crippen LogP contribution in [0, 0.1) is 5.41 Å². The highest BCUT2D eigenvalue weighted by molar-refractivity contribution is 7.94. The fraction of sp³-hybridized carbons (Fsp3) is 0.300. The number of anilines is 2. The highest BCUT2D eigenvalue weighted by Crippen LogP contribution is 2.36. The van der Waals surface area contributed by atoms with Gasteiger partial charge in [-0.15, -0.1) is 0 Å². The smallest absolute Gasteiger partial charge is 0.255 e. The molecular weight excluding hydrogens is 396 g/mol. The first kappa shape index (κ1) is 20.7. The number of benzene rings is 2. The van der Waals surface area contributed by atoms with Crippen LogP contribution in [0.3, 0.4) is 0 Å². The Morgan fingerprint density at radius 1 is 1.07 bits per heavy atom. The molecule has 2 amide bonds. The van der Waals surface area contributed by atoms with Gasteiger partial charge in [0, 0.05) is 11.6 Å². The molecule has 0 radical (unpaired) electrons. The summed E-state index contributed by atoms with van der Waals surface area (Å²) in [5.41, 5.74) is -0.0183. The van der Waals surface area contributed by atoms with Crippen LogP contribution in [0.15, 0.2) is 42.5 Å². The normalized spacial score (nSPS) is 17.1. The molecule has 2 aromatic rings. The van der Waals surface area contributed by atoms with Crippen LogP contribution in [0.2, 0.25) is 0 Å². The van der Waals surface area contributed by atoms with E-state index in [0.29, 0.717) is 22.7 Å². The minimum absolute atomic E-state index is 0.208. The molecule has 0 aromatic heterocycles. The number of sulfonamides is 1. The number of hydrogen-bond donors (Lipinski definition) is 1. The van der Waals surface area contributed by atoms with Gasteiger partial charge in [0.05, 0.1) is 36.8 Å². The van der Waals surface area contributed by atoms with Gasteiger partial charge < -0.3 is 14.8 Å². The van der Waals surface area contributed by atoms with Crippen LogP contribution in [-0.4, -0.2) is 40.2 Å². The van der Waals surface area contributed by atoms with E-state index >= 15 is 0 Å². The largest absolute Gasteiger partial charge is 0.497 e. The zero-order chi connectivity index (χ0) is 21.4. The van der Waals surface area contributed by atoms with E-state index in [9.17, 15) is 18.0 Å². The average Bonchev–Trinajstić information content (AvgIpc) is 2.84. The fourth-order valence-electron chi connectivity index (χ4n) is 3.11. The Bertz CT molecular complexity index is 1060. The van der Waals surface area contributed by atoms with E-state index in [-0.39, 0.29) is 11.4 Å². The molecule has 0 spiro atoms. The Hall–Kier alpha value is -3.07. The Morgan fingerprint density at radius 3 is 2.24 bits per heavy atom. The molecule has 154 valence electrons. The third-order valence-corrected chi connectivity index (χ3v) is 6.63. The first-order valence-corrected chi connectivity index (χ1v) is 10.4. The van der Waals surface area contributed by atoms with E-state index < -0.39 is 27.3 Å². The third-order valence-electron chi connectivity index (χ3n) is 4.61. The molecule has 3 rings (SSSR count). The maximum Gasteiger partial charge on any atom is 0.255 e. The maximum absolute atomic E-state index is 12.6. The van der Waals surface area contributed by atoms with Crippen molar-refractivity contribution in [3.8, 4) is 11.5 Å². The summed E-state index contributed by atoms with van der Waals surface area (Å²) in [6.07, 6.45) is 0. The molecule has 0 bridgehead atoms. The lowest BCUT2D eigenvalue weighted by Crippen LogP contribution is -2.32. The summed E-state index contributed by atoms with van der Waals surface area (Å²) in [5.74, 6) is -0.124. The Morgan fingerprint density at radius 2 is 1.72 bits per heavy atom. The van der Waals surface area contributed by atoms with E-state index in [4.69, 9.17) is 9.47 Å². The van der Waals surface area contributed by atoms with Gasteiger partial charge in [-0.2, -0.15) is 0 Å². The summed E-state index contributed by atoms with van der Waals surface area (Å²) in [5, 5.41) is 2.74. The van der Waals surface area contributed by atoms with Crippen LogP contribution in [0.5, 0.6) is 11.5 Å². The molecule has 1 aliphatic heterocycles. The van der Waals surface area contributed by atoms with Crippen molar-refractivity contribution in [2.24, 2.45) is 5.41 Å². The van der Waals surface area contributed by atoms with Gasteiger partial charge in [-0.05, 0) is 50.2 Å². The van der Waals surface area contributed by atoms with Gasteiger partial charge in [-0.3, -0.25) is 9.59 Å². The molecule has 8 nitrogen and oxygen atoms in total. The first-order valence-electron chi connectivity index (χ1n) is 8.80. The third kappa shape index (κ3) is 3.91. The standard InChI is InChI=1S/C20H22N2O6S/c1-20(2)12-29(25,26)22(19(20)24)14-7-5-13(6-8-14)18(23)21-16-10-9-15(27-3)11-17(16)28-4/h5-11H,12H2,1-4H3,(H,21,23). The molecule has 1 N–H and O–H groups in total. The van der Waals surface area contributed by atoms with E-state index in [1.54, 1.807) is 32.0 Å². The summed E-state index contributed by atoms with van der Waals surface area (Å²) in [6, 6.07) is 10.8. The molecular formula is C20H22N2O6S. The number of nitrogens with one attached hydrogen (secondary N) is 1. The quantitative estimate of drug-likeness (QED) is 0.801. The maximum atomic E-state index is 12.6. The van der Waals surface area contributed by atoms with E-state index in [1.807, 2.05) is 0 Å². The molecule has 1 aliphatic rings. The second kappa shape index (κ2) is 7.40. The topological polar surface area (TPSA) is 102 Å². The van der Waals surface area contributed by atoms with Gasteiger partial charge in [0.15, 0.2) is 0 Å². The number of ether oxygens (including phenoxy) is 2. The number of rotatable bonds is 5. The Kier molecular flexibility index (Phi) is 5.27. The van der Waals surface area contributed by atoms with E-state index in [1.165, 1.54) is 38.5 Å².